The largest absolute Gasteiger partial charge is 0.393 e. The number of thiophene rings is 1. The predicted octanol–water partition coefficient (Wildman–Crippen LogP) is 2.60. The first-order valence-electron chi connectivity index (χ1n) is 6.40. The maximum absolute atomic E-state index is 9.70. The summed E-state index contributed by atoms with van der Waals surface area (Å²) in [7, 11) is 0. The second kappa shape index (κ2) is 6.01. The van der Waals surface area contributed by atoms with Crippen LogP contribution in [0.5, 0.6) is 0 Å². The first-order valence-corrected chi connectivity index (χ1v) is 8.08. The number of hydrogen-bond donors (Lipinski definition) is 2. The van der Waals surface area contributed by atoms with Gasteiger partial charge in [-0.15, -0.1) is 11.3 Å². The molecular formula is C13H21BrN2OS. The van der Waals surface area contributed by atoms with Gasteiger partial charge in [0.2, 0.25) is 0 Å². The summed E-state index contributed by atoms with van der Waals surface area (Å²) in [5.41, 5.74) is 6.17. The molecule has 1 aliphatic rings. The molecule has 5 heteroatoms. The van der Waals surface area contributed by atoms with Gasteiger partial charge in [-0.1, -0.05) is 0 Å². The summed E-state index contributed by atoms with van der Waals surface area (Å²) in [6.45, 7) is 5.92. The third kappa shape index (κ3) is 3.14. The highest BCUT2D eigenvalue weighted by Gasteiger charge is 2.33. The summed E-state index contributed by atoms with van der Waals surface area (Å²) in [4.78, 5) is 3.73. The lowest BCUT2D eigenvalue weighted by Crippen LogP contribution is -2.38. The number of nitrogens with zero attached hydrogens (tertiary/aromatic N) is 1. The lowest BCUT2D eigenvalue weighted by molar-refractivity contribution is 0.119. The zero-order valence-corrected chi connectivity index (χ0v) is 13.2. The molecule has 102 valence electrons. The van der Waals surface area contributed by atoms with Gasteiger partial charge in [0.15, 0.2) is 0 Å². The van der Waals surface area contributed by atoms with Gasteiger partial charge in [0.25, 0.3) is 0 Å². The van der Waals surface area contributed by atoms with Gasteiger partial charge in [0.1, 0.15) is 0 Å². The third-order valence-corrected chi connectivity index (χ3v) is 5.47. The van der Waals surface area contributed by atoms with Crippen LogP contribution in [0.4, 0.5) is 0 Å². The maximum Gasteiger partial charge on any atom is 0.0591 e. The molecule has 1 fully saturated rings. The molecule has 1 aromatic rings. The second-order valence-corrected chi connectivity index (χ2v) is 7.11. The Morgan fingerprint density at radius 3 is 2.72 bits per heavy atom. The monoisotopic (exact) mass is 332 g/mol. The van der Waals surface area contributed by atoms with E-state index < -0.39 is 0 Å². The predicted molar refractivity (Wildman–Crippen MR) is 79.8 cm³/mol. The summed E-state index contributed by atoms with van der Waals surface area (Å²) >= 11 is 5.26. The van der Waals surface area contributed by atoms with Crippen LogP contribution < -0.4 is 5.73 Å². The molecule has 4 unspecified atom stereocenters. The molecule has 2 rings (SSSR count). The topological polar surface area (TPSA) is 49.5 Å². The number of halogens is 1. The Kier molecular flexibility index (Phi) is 4.83. The average molecular weight is 333 g/mol. The van der Waals surface area contributed by atoms with E-state index in [0.717, 1.165) is 24.0 Å². The second-order valence-electron chi connectivity index (χ2n) is 5.26. The van der Waals surface area contributed by atoms with Crippen LogP contribution in [0.15, 0.2) is 15.9 Å². The highest BCUT2D eigenvalue weighted by molar-refractivity contribution is 9.10. The highest BCUT2D eigenvalue weighted by atomic mass is 79.9. The average Bonchev–Trinajstić information content (AvgIpc) is 2.88. The van der Waals surface area contributed by atoms with Crippen LogP contribution in [-0.2, 0) is 0 Å². The molecule has 1 aliphatic heterocycles. The van der Waals surface area contributed by atoms with E-state index in [-0.39, 0.29) is 18.2 Å². The molecule has 1 saturated heterocycles. The van der Waals surface area contributed by atoms with Gasteiger partial charge in [0.05, 0.1) is 12.1 Å². The Balaban J connectivity index is 2.12. The zero-order valence-electron chi connectivity index (χ0n) is 10.8. The van der Waals surface area contributed by atoms with Gasteiger partial charge in [-0.05, 0) is 54.7 Å². The Hall–Kier alpha value is 0.0600. The Bertz CT molecular complexity index is 394. The molecule has 2 heterocycles. The minimum absolute atomic E-state index is 0.100. The minimum atomic E-state index is -0.223. The van der Waals surface area contributed by atoms with Crippen molar-refractivity contribution in [2.45, 2.75) is 38.5 Å². The van der Waals surface area contributed by atoms with Crippen LogP contribution in [0, 0.1) is 5.92 Å². The molecule has 0 aliphatic carbocycles. The van der Waals surface area contributed by atoms with E-state index in [2.05, 4.69) is 39.2 Å². The number of nitrogens with two attached hydrogens (primary N) is 1. The van der Waals surface area contributed by atoms with E-state index in [9.17, 15) is 5.11 Å². The Labute approximate surface area is 121 Å². The van der Waals surface area contributed by atoms with Crippen LogP contribution in [-0.4, -0.2) is 35.2 Å². The summed E-state index contributed by atoms with van der Waals surface area (Å²) in [5, 5.41) is 11.8. The van der Waals surface area contributed by atoms with Crippen LogP contribution in [0.2, 0.25) is 0 Å². The quantitative estimate of drug-likeness (QED) is 0.890. The van der Waals surface area contributed by atoms with Crippen molar-refractivity contribution in [3.05, 3.63) is 20.8 Å². The summed E-state index contributed by atoms with van der Waals surface area (Å²) in [6, 6.07) is 2.53. The van der Waals surface area contributed by atoms with Crippen molar-refractivity contribution in [1.82, 2.24) is 4.90 Å². The van der Waals surface area contributed by atoms with E-state index in [1.807, 2.05) is 6.92 Å². The number of likely N-dealkylation sites (tertiary alicyclic amines) is 1. The molecule has 3 N–H and O–H groups in total. The SMILES string of the molecule is CC(N)C(c1cc(Br)cs1)N1CCC(C(C)O)C1. The van der Waals surface area contributed by atoms with Gasteiger partial charge in [-0.2, -0.15) is 0 Å². The molecule has 0 radical (unpaired) electrons. The van der Waals surface area contributed by atoms with Crippen LogP contribution >= 0.6 is 27.3 Å². The van der Waals surface area contributed by atoms with Crippen molar-refractivity contribution in [1.29, 1.82) is 0 Å². The molecule has 0 saturated carbocycles. The van der Waals surface area contributed by atoms with E-state index in [0.29, 0.717) is 5.92 Å². The highest BCUT2D eigenvalue weighted by Crippen LogP contribution is 2.35. The molecule has 0 amide bonds. The fourth-order valence-corrected chi connectivity index (χ4v) is 4.41. The lowest BCUT2D eigenvalue weighted by atomic mass is 10.0. The number of aliphatic hydroxyl groups excluding tert-OH is 1. The molecule has 1 aromatic heterocycles. The number of hydrogen-bond acceptors (Lipinski definition) is 4. The van der Waals surface area contributed by atoms with Crippen LogP contribution in [0.25, 0.3) is 0 Å². The normalized spacial score (nSPS) is 26.2. The standard InChI is InChI=1S/C13H21BrN2OS/c1-8(15)13(12-5-11(14)7-18-12)16-4-3-10(6-16)9(2)17/h5,7-10,13,17H,3-4,6,15H2,1-2H3. The van der Waals surface area contributed by atoms with Crippen molar-refractivity contribution in [2.75, 3.05) is 13.1 Å². The van der Waals surface area contributed by atoms with Crippen molar-refractivity contribution in [3.8, 4) is 0 Å². The van der Waals surface area contributed by atoms with Crippen LogP contribution in [0.1, 0.15) is 31.2 Å². The molecule has 0 aromatic carbocycles. The van der Waals surface area contributed by atoms with Crippen molar-refractivity contribution in [2.24, 2.45) is 11.7 Å². The summed E-state index contributed by atoms with van der Waals surface area (Å²) < 4.78 is 1.12. The molecule has 0 bridgehead atoms. The smallest absolute Gasteiger partial charge is 0.0591 e. The molecule has 18 heavy (non-hydrogen) atoms. The molecule has 4 atom stereocenters. The van der Waals surface area contributed by atoms with Crippen molar-refractivity contribution < 1.29 is 5.11 Å². The van der Waals surface area contributed by atoms with Gasteiger partial charge < -0.3 is 10.8 Å². The first-order chi connectivity index (χ1) is 8.49. The Morgan fingerprint density at radius 1 is 1.56 bits per heavy atom. The lowest BCUT2D eigenvalue weighted by Gasteiger charge is -2.30. The third-order valence-electron chi connectivity index (χ3n) is 3.71. The minimum Gasteiger partial charge on any atom is -0.393 e. The Morgan fingerprint density at radius 2 is 2.28 bits per heavy atom. The number of rotatable bonds is 4. The van der Waals surface area contributed by atoms with E-state index in [4.69, 9.17) is 5.73 Å². The number of aliphatic hydroxyl groups is 1. The summed E-state index contributed by atoms with van der Waals surface area (Å²) in [5.74, 6) is 0.384. The zero-order chi connectivity index (χ0) is 13.3. The fourth-order valence-electron chi connectivity index (χ4n) is 2.72. The van der Waals surface area contributed by atoms with Gasteiger partial charge in [-0.25, -0.2) is 0 Å². The van der Waals surface area contributed by atoms with Crippen LogP contribution in [0.3, 0.4) is 0 Å². The van der Waals surface area contributed by atoms with Gasteiger partial charge in [0, 0.05) is 27.3 Å². The molecule has 3 nitrogen and oxygen atoms in total. The van der Waals surface area contributed by atoms with E-state index >= 15 is 0 Å². The maximum atomic E-state index is 9.70. The van der Waals surface area contributed by atoms with E-state index in [1.165, 1.54) is 4.88 Å². The van der Waals surface area contributed by atoms with Gasteiger partial charge >= 0.3 is 0 Å². The molecular weight excluding hydrogens is 312 g/mol. The van der Waals surface area contributed by atoms with Crippen molar-refractivity contribution in [3.63, 3.8) is 0 Å². The molecule has 0 spiro atoms. The fraction of sp³-hybridized carbons (Fsp3) is 0.692. The van der Waals surface area contributed by atoms with Crippen molar-refractivity contribution >= 4 is 27.3 Å². The van der Waals surface area contributed by atoms with Gasteiger partial charge in [-0.3, -0.25) is 4.90 Å². The summed E-state index contributed by atoms with van der Waals surface area (Å²) in [6.07, 6.45) is 0.840. The first kappa shape index (κ1) is 14.5. The van der Waals surface area contributed by atoms with E-state index in [1.54, 1.807) is 11.3 Å².